The Hall–Kier alpha value is -2.04. The maximum Gasteiger partial charge on any atom is 0.342 e. The second-order valence-electron chi connectivity index (χ2n) is 3.34. The molecule has 2 aromatic rings. The van der Waals surface area contributed by atoms with Crippen LogP contribution in [0.2, 0.25) is 0 Å². The first-order valence-corrected chi connectivity index (χ1v) is 4.76. The Bertz CT molecular complexity index is 545. The van der Waals surface area contributed by atoms with E-state index in [1.807, 2.05) is 13.1 Å². The first kappa shape index (κ1) is 10.5. The number of hydrogen-bond acceptors (Lipinski definition) is 4. The SMILES string of the molecule is COC(=O)c1c(OC)ccc2c1cnn2C. The first-order chi connectivity index (χ1) is 7.69. The normalized spacial score (nSPS) is 10.4. The van der Waals surface area contributed by atoms with Crippen LogP contribution in [0, 0.1) is 0 Å². The summed E-state index contributed by atoms with van der Waals surface area (Å²) in [6.07, 6.45) is 1.63. The van der Waals surface area contributed by atoms with Crippen molar-refractivity contribution in [1.82, 2.24) is 9.78 Å². The number of ether oxygens (including phenoxy) is 2. The Kier molecular flexibility index (Phi) is 2.52. The van der Waals surface area contributed by atoms with E-state index in [0.29, 0.717) is 11.3 Å². The van der Waals surface area contributed by atoms with E-state index in [2.05, 4.69) is 5.10 Å². The Morgan fingerprint density at radius 2 is 2.12 bits per heavy atom. The van der Waals surface area contributed by atoms with Crippen LogP contribution < -0.4 is 4.74 Å². The molecule has 0 N–H and O–H groups in total. The van der Waals surface area contributed by atoms with Gasteiger partial charge in [-0.25, -0.2) is 4.79 Å². The number of nitrogens with zero attached hydrogens (tertiary/aromatic N) is 2. The van der Waals surface area contributed by atoms with E-state index in [0.717, 1.165) is 10.9 Å². The molecule has 16 heavy (non-hydrogen) atoms. The minimum absolute atomic E-state index is 0.413. The van der Waals surface area contributed by atoms with Crippen molar-refractivity contribution in [3.8, 4) is 5.75 Å². The van der Waals surface area contributed by atoms with Gasteiger partial charge in [-0.1, -0.05) is 0 Å². The minimum Gasteiger partial charge on any atom is -0.496 e. The average molecular weight is 220 g/mol. The van der Waals surface area contributed by atoms with E-state index < -0.39 is 5.97 Å². The molecule has 0 saturated carbocycles. The van der Waals surface area contributed by atoms with E-state index in [9.17, 15) is 4.79 Å². The zero-order valence-corrected chi connectivity index (χ0v) is 9.35. The maximum atomic E-state index is 11.7. The van der Waals surface area contributed by atoms with Gasteiger partial charge in [0.2, 0.25) is 0 Å². The lowest BCUT2D eigenvalue weighted by Crippen LogP contribution is -2.04. The summed E-state index contributed by atoms with van der Waals surface area (Å²) in [5.41, 5.74) is 1.27. The molecular weight excluding hydrogens is 208 g/mol. The molecule has 0 amide bonds. The zero-order valence-electron chi connectivity index (χ0n) is 9.35. The van der Waals surface area contributed by atoms with Crippen LogP contribution in [0.4, 0.5) is 0 Å². The number of aryl methyl sites for hydroxylation is 1. The van der Waals surface area contributed by atoms with Crippen molar-refractivity contribution in [1.29, 1.82) is 0 Å². The quantitative estimate of drug-likeness (QED) is 0.717. The van der Waals surface area contributed by atoms with Gasteiger partial charge in [0.15, 0.2) is 0 Å². The van der Waals surface area contributed by atoms with Crippen molar-refractivity contribution in [3.63, 3.8) is 0 Å². The molecule has 0 fully saturated rings. The number of hydrogen-bond donors (Lipinski definition) is 0. The lowest BCUT2D eigenvalue weighted by molar-refractivity contribution is 0.0599. The van der Waals surface area contributed by atoms with Gasteiger partial charge in [-0.05, 0) is 12.1 Å². The number of esters is 1. The highest BCUT2D eigenvalue weighted by atomic mass is 16.5. The van der Waals surface area contributed by atoms with Crippen molar-refractivity contribution in [2.24, 2.45) is 7.05 Å². The molecule has 0 unspecified atom stereocenters. The molecule has 1 aromatic carbocycles. The van der Waals surface area contributed by atoms with Crippen molar-refractivity contribution in [3.05, 3.63) is 23.9 Å². The molecule has 0 aliphatic heterocycles. The molecule has 1 aromatic heterocycles. The summed E-state index contributed by atoms with van der Waals surface area (Å²) in [6.45, 7) is 0. The number of fused-ring (bicyclic) bond motifs is 1. The minimum atomic E-state index is -0.421. The molecule has 0 bridgehead atoms. The second-order valence-corrected chi connectivity index (χ2v) is 3.34. The summed E-state index contributed by atoms with van der Waals surface area (Å²) < 4.78 is 11.6. The molecule has 0 saturated heterocycles. The molecule has 0 aliphatic rings. The smallest absolute Gasteiger partial charge is 0.342 e. The van der Waals surface area contributed by atoms with E-state index in [-0.39, 0.29) is 0 Å². The highest BCUT2D eigenvalue weighted by molar-refractivity contribution is 6.06. The van der Waals surface area contributed by atoms with Crippen molar-refractivity contribution >= 4 is 16.9 Å². The molecule has 0 atom stereocenters. The van der Waals surface area contributed by atoms with Crippen LogP contribution in [-0.4, -0.2) is 30.0 Å². The molecule has 1 heterocycles. The van der Waals surface area contributed by atoms with Crippen LogP contribution in [0.15, 0.2) is 18.3 Å². The highest BCUT2D eigenvalue weighted by Crippen LogP contribution is 2.28. The summed E-state index contributed by atoms with van der Waals surface area (Å²) in [7, 11) is 4.68. The van der Waals surface area contributed by atoms with Crippen LogP contribution in [0.25, 0.3) is 10.9 Å². The molecular formula is C11H12N2O3. The van der Waals surface area contributed by atoms with Gasteiger partial charge in [0, 0.05) is 12.4 Å². The summed E-state index contributed by atoms with van der Waals surface area (Å²) in [5.74, 6) is 0.0720. The van der Waals surface area contributed by atoms with Gasteiger partial charge in [-0.2, -0.15) is 5.10 Å². The van der Waals surface area contributed by atoms with Gasteiger partial charge in [0.25, 0.3) is 0 Å². The molecule has 5 heteroatoms. The van der Waals surface area contributed by atoms with Crippen molar-refractivity contribution in [2.75, 3.05) is 14.2 Å². The second kappa shape index (κ2) is 3.84. The molecule has 2 rings (SSSR count). The van der Waals surface area contributed by atoms with Crippen LogP contribution in [0.1, 0.15) is 10.4 Å². The molecule has 0 spiro atoms. The van der Waals surface area contributed by atoms with Crippen molar-refractivity contribution < 1.29 is 14.3 Å². The third kappa shape index (κ3) is 1.41. The summed E-state index contributed by atoms with van der Waals surface area (Å²) >= 11 is 0. The predicted octanol–water partition coefficient (Wildman–Crippen LogP) is 1.37. The Labute approximate surface area is 92.6 Å². The molecule has 84 valence electrons. The van der Waals surface area contributed by atoms with Gasteiger partial charge in [0.05, 0.1) is 25.9 Å². The Balaban J connectivity index is 2.78. The van der Waals surface area contributed by atoms with Crippen LogP contribution >= 0.6 is 0 Å². The summed E-state index contributed by atoms with van der Waals surface area (Å²) in [5, 5.41) is 4.83. The molecule has 0 radical (unpaired) electrons. The zero-order chi connectivity index (χ0) is 11.7. The van der Waals surface area contributed by atoms with E-state index in [1.165, 1.54) is 14.2 Å². The number of aromatic nitrogens is 2. The average Bonchev–Trinajstić information content (AvgIpc) is 2.69. The van der Waals surface area contributed by atoms with E-state index in [4.69, 9.17) is 9.47 Å². The summed E-state index contributed by atoms with van der Waals surface area (Å²) in [4.78, 5) is 11.7. The van der Waals surface area contributed by atoms with Crippen LogP contribution in [0.5, 0.6) is 5.75 Å². The maximum absolute atomic E-state index is 11.7. The fourth-order valence-corrected chi connectivity index (χ4v) is 1.69. The topological polar surface area (TPSA) is 53.4 Å². The number of rotatable bonds is 2. The van der Waals surface area contributed by atoms with Gasteiger partial charge >= 0.3 is 5.97 Å². The predicted molar refractivity (Wildman–Crippen MR) is 58.6 cm³/mol. The third-order valence-corrected chi connectivity index (χ3v) is 2.50. The van der Waals surface area contributed by atoms with Gasteiger partial charge in [-0.3, -0.25) is 4.68 Å². The molecule has 0 aliphatic carbocycles. The largest absolute Gasteiger partial charge is 0.496 e. The van der Waals surface area contributed by atoms with Crippen molar-refractivity contribution in [2.45, 2.75) is 0 Å². The van der Waals surface area contributed by atoms with E-state index in [1.54, 1.807) is 16.9 Å². The number of methoxy groups -OCH3 is 2. The molecule has 5 nitrogen and oxygen atoms in total. The number of carbonyl (C=O) groups excluding carboxylic acids is 1. The lowest BCUT2D eigenvalue weighted by Gasteiger charge is -2.07. The monoisotopic (exact) mass is 220 g/mol. The van der Waals surface area contributed by atoms with Crippen LogP contribution in [0.3, 0.4) is 0 Å². The Morgan fingerprint density at radius 3 is 2.75 bits per heavy atom. The van der Waals surface area contributed by atoms with Crippen LogP contribution in [-0.2, 0) is 11.8 Å². The van der Waals surface area contributed by atoms with Gasteiger partial charge < -0.3 is 9.47 Å². The Morgan fingerprint density at radius 1 is 1.38 bits per heavy atom. The van der Waals surface area contributed by atoms with E-state index >= 15 is 0 Å². The fraction of sp³-hybridized carbons (Fsp3) is 0.273. The number of benzene rings is 1. The standard InChI is InChI=1S/C11H12N2O3/c1-13-8-4-5-9(15-2)10(11(14)16-3)7(8)6-12-13/h4-6H,1-3H3. The third-order valence-electron chi connectivity index (χ3n) is 2.50. The summed E-state index contributed by atoms with van der Waals surface area (Å²) in [6, 6.07) is 3.59. The fourth-order valence-electron chi connectivity index (χ4n) is 1.69. The number of carbonyl (C=O) groups is 1. The lowest BCUT2D eigenvalue weighted by atomic mass is 10.1. The first-order valence-electron chi connectivity index (χ1n) is 4.76. The van der Waals surface area contributed by atoms with Gasteiger partial charge in [0.1, 0.15) is 11.3 Å². The highest BCUT2D eigenvalue weighted by Gasteiger charge is 2.18. The van der Waals surface area contributed by atoms with Gasteiger partial charge in [-0.15, -0.1) is 0 Å².